The van der Waals surface area contributed by atoms with Crippen LogP contribution in [0, 0.1) is 41.3 Å². The van der Waals surface area contributed by atoms with Crippen LogP contribution in [0.3, 0.4) is 0 Å². The van der Waals surface area contributed by atoms with E-state index in [0.29, 0.717) is 17.6 Å². The van der Waals surface area contributed by atoms with E-state index in [1.54, 1.807) is 12.1 Å². The van der Waals surface area contributed by atoms with Crippen molar-refractivity contribution in [2.75, 3.05) is 0 Å². The minimum absolute atomic E-state index is 0.0278. The van der Waals surface area contributed by atoms with E-state index < -0.39 is 0 Å². The number of hydrogen-bond donors (Lipinski definition) is 0. The molecule has 0 radical (unpaired) electrons. The van der Waals surface area contributed by atoms with Crippen molar-refractivity contribution in [1.29, 1.82) is 0 Å². The van der Waals surface area contributed by atoms with E-state index in [1.165, 1.54) is 76.3 Å². The molecule has 3 saturated carbocycles. The minimum atomic E-state index is -0.301. The highest BCUT2D eigenvalue weighted by molar-refractivity contribution is 5.75. The first-order chi connectivity index (χ1) is 14.1. The van der Waals surface area contributed by atoms with Gasteiger partial charge in [0.25, 0.3) is 0 Å². The van der Waals surface area contributed by atoms with Gasteiger partial charge in [-0.2, -0.15) is 0 Å². The molecule has 0 N–H and O–H groups in total. The average molecular weight is 401 g/mol. The van der Waals surface area contributed by atoms with Crippen LogP contribution in [0.5, 0.6) is 5.75 Å². The van der Waals surface area contributed by atoms with Crippen molar-refractivity contribution in [2.45, 2.75) is 84.0 Å². The minimum Gasteiger partial charge on any atom is -0.426 e. The van der Waals surface area contributed by atoms with E-state index in [0.717, 1.165) is 30.6 Å². The van der Waals surface area contributed by atoms with Crippen LogP contribution in [0.25, 0.3) is 0 Å². The number of fused-ring (bicyclic) bond motifs is 1. The van der Waals surface area contributed by atoms with Crippen molar-refractivity contribution in [1.82, 2.24) is 0 Å². The van der Waals surface area contributed by atoms with Crippen molar-refractivity contribution in [3.8, 4) is 5.75 Å². The average Bonchev–Trinajstić information content (AvgIpc) is 2.75. The lowest BCUT2D eigenvalue weighted by Crippen LogP contribution is -2.40. The lowest BCUT2D eigenvalue weighted by molar-refractivity contribution is -0.144. The Kier molecular flexibility index (Phi) is 6.92. The van der Waals surface area contributed by atoms with Gasteiger partial charge >= 0.3 is 5.97 Å². The van der Waals surface area contributed by atoms with Crippen LogP contribution in [-0.2, 0) is 4.79 Å². The first kappa shape index (κ1) is 20.9. The lowest BCUT2D eigenvalue weighted by Gasteiger charge is -2.46. The molecule has 0 spiro atoms. The largest absolute Gasteiger partial charge is 0.426 e. The molecule has 2 nitrogen and oxygen atoms in total. The molecule has 4 rings (SSSR count). The number of esters is 1. The van der Waals surface area contributed by atoms with Crippen LogP contribution in [0.1, 0.15) is 84.0 Å². The number of ether oxygens (including phenoxy) is 1. The highest BCUT2D eigenvalue weighted by Crippen LogP contribution is 2.50. The number of halogens is 1. The van der Waals surface area contributed by atoms with Gasteiger partial charge in [0.1, 0.15) is 11.6 Å². The molecule has 160 valence electrons. The van der Waals surface area contributed by atoms with E-state index in [-0.39, 0.29) is 17.7 Å². The summed E-state index contributed by atoms with van der Waals surface area (Å²) >= 11 is 0. The van der Waals surface area contributed by atoms with E-state index in [4.69, 9.17) is 4.74 Å². The zero-order valence-electron chi connectivity index (χ0n) is 18.0. The Labute approximate surface area is 175 Å². The van der Waals surface area contributed by atoms with E-state index >= 15 is 0 Å². The maximum Gasteiger partial charge on any atom is 0.314 e. The Morgan fingerprint density at radius 1 is 0.931 bits per heavy atom. The monoisotopic (exact) mass is 400 g/mol. The van der Waals surface area contributed by atoms with Crippen molar-refractivity contribution in [3.05, 3.63) is 30.1 Å². The molecule has 3 aliphatic carbocycles. The van der Waals surface area contributed by atoms with Gasteiger partial charge in [-0.25, -0.2) is 4.39 Å². The molecule has 4 unspecified atom stereocenters. The summed E-state index contributed by atoms with van der Waals surface area (Å²) in [7, 11) is 0. The highest BCUT2D eigenvalue weighted by Gasteiger charge is 2.43. The lowest BCUT2D eigenvalue weighted by atomic mass is 9.59. The van der Waals surface area contributed by atoms with Crippen LogP contribution >= 0.6 is 0 Å². The first-order valence-corrected chi connectivity index (χ1v) is 12.1. The fourth-order valence-corrected chi connectivity index (χ4v) is 6.77. The quantitative estimate of drug-likeness (QED) is 0.387. The van der Waals surface area contributed by atoms with Crippen molar-refractivity contribution in [3.63, 3.8) is 0 Å². The molecule has 3 heteroatoms. The summed E-state index contributed by atoms with van der Waals surface area (Å²) in [5.41, 5.74) is 0. The Morgan fingerprint density at radius 2 is 1.66 bits per heavy atom. The molecule has 4 atom stereocenters. The van der Waals surface area contributed by atoms with Crippen molar-refractivity contribution >= 4 is 5.97 Å². The molecular weight excluding hydrogens is 363 g/mol. The third-order valence-corrected chi connectivity index (χ3v) is 8.28. The van der Waals surface area contributed by atoms with E-state index in [1.807, 2.05) is 0 Å². The van der Waals surface area contributed by atoms with Gasteiger partial charge in [-0.1, -0.05) is 45.4 Å². The molecule has 0 saturated heterocycles. The number of rotatable bonds is 5. The van der Waals surface area contributed by atoms with Crippen LogP contribution < -0.4 is 4.74 Å². The van der Waals surface area contributed by atoms with Crippen LogP contribution in [0.4, 0.5) is 4.39 Å². The zero-order valence-corrected chi connectivity index (χ0v) is 18.0. The second-order valence-corrected chi connectivity index (χ2v) is 9.98. The zero-order chi connectivity index (χ0) is 20.2. The molecule has 0 aliphatic heterocycles. The SMILES string of the molecule is CCCC1CCC(C2CCC3C(CCCC3C(=O)Oc3ccc(F)cc3)C2)CC1. The predicted octanol–water partition coefficient (Wildman–Crippen LogP) is 7.17. The molecule has 3 fully saturated rings. The topological polar surface area (TPSA) is 26.3 Å². The molecule has 0 heterocycles. The molecule has 29 heavy (non-hydrogen) atoms. The molecule has 0 amide bonds. The second-order valence-electron chi connectivity index (χ2n) is 9.98. The molecule has 1 aromatic rings. The smallest absolute Gasteiger partial charge is 0.314 e. The van der Waals surface area contributed by atoms with E-state index in [2.05, 4.69) is 6.92 Å². The van der Waals surface area contributed by atoms with Crippen LogP contribution in [0.15, 0.2) is 24.3 Å². The molecule has 3 aliphatic rings. The molecular formula is C26H37FO2. The summed E-state index contributed by atoms with van der Waals surface area (Å²) in [6.07, 6.45) is 15.7. The first-order valence-electron chi connectivity index (χ1n) is 12.1. The summed E-state index contributed by atoms with van der Waals surface area (Å²) in [4.78, 5) is 12.9. The summed E-state index contributed by atoms with van der Waals surface area (Å²) in [6, 6.07) is 5.82. The summed E-state index contributed by atoms with van der Waals surface area (Å²) in [5, 5.41) is 0. The number of hydrogen-bond acceptors (Lipinski definition) is 2. The van der Waals surface area contributed by atoms with Gasteiger partial charge in [0.15, 0.2) is 0 Å². The third-order valence-electron chi connectivity index (χ3n) is 8.28. The Morgan fingerprint density at radius 3 is 2.38 bits per heavy atom. The Bertz CT molecular complexity index is 662. The Hall–Kier alpha value is -1.38. The summed E-state index contributed by atoms with van der Waals surface area (Å²) in [6.45, 7) is 2.31. The number of carbonyl (C=O) groups is 1. The van der Waals surface area contributed by atoms with Crippen LogP contribution in [0.2, 0.25) is 0 Å². The standard InChI is InChI=1S/C26H37FO2/c1-2-4-18-7-9-19(10-8-18)20-11-16-24-21(17-20)5-3-6-25(24)26(28)29-23-14-12-22(27)13-15-23/h12-15,18-21,24-25H,2-11,16-17H2,1H3. The van der Waals surface area contributed by atoms with E-state index in [9.17, 15) is 9.18 Å². The van der Waals surface area contributed by atoms with Crippen LogP contribution in [-0.4, -0.2) is 5.97 Å². The van der Waals surface area contributed by atoms with Crippen molar-refractivity contribution < 1.29 is 13.9 Å². The van der Waals surface area contributed by atoms with Gasteiger partial charge in [-0.3, -0.25) is 4.79 Å². The van der Waals surface area contributed by atoms with Gasteiger partial charge in [0.05, 0.1) is 5.92 Å². The maximum atomic E-state index is 13.1. The summed E-state index contributed by atoms with van der Waals surface area (Å²) < 4.78 is 18.7. The highest BCUT2D eigenvalue weighted by atomic mass is 19.1. The number of benzene rings is 1. The molecule has 1 aromatic carbocycles. The van der Waals surface area contributed by atoms with Gasteiger partial charge in [-0.05, 0) is 92.4 Å². The van der Waals surface area contributed by atoms with Gasteiger partial charge in [-0.15, -0.1) is 0 Å². The predicted molar refractivity (Wildman–Crippen MR) is 114 cm³/mol. The fraction of sp³-hybridized carbons (Fsp3) is 0.731. The van der Waals surface area contributed by atoms with Gasteiger partial charge in [0, 0.05) is 0 Å². The summed E-state index contributed by atoms with van der Waals surface area (Å²) in [5.74, 6) is 4.07. The maximum absolute atomic E-state index is 13.1. The second kappa shape index (κ2) is 9.62. The molecule has 0 bridgehead atoms. The van der Waals surface area contributed by atoms with Gasteiger partial charge < -0.3 is 4.74 Å². The third kappa shape index (κ3) is 5.03. The normalized spacial score (nSPS) is 35.0. The van der Waals surface area contributed by atoms with Gasteiger partial charge in [0.2, 0.25) is 0 Å². The Balaban J connectivity index is 1.32. The van der Waals surface area contributed by atoms with Crippen molar-refractivity contribution in [2.24, 2.45) is 35.5 Å². The fourth-order valence-electron chi connectivity index (χ4n) is 6.77. The molecule has 0 aromatic heterocycles. The number of carbonyl (C=O) groups excluding carboxylic acids is 1.